The van der Waals surface area contributed by atoms with Gasteiger partial charge in [-0.2, -0.15) is 0 Å². The van der Waals surface area contributed by atoms with Crippen LogP contribution in [0.2, 0.25) is 0 Å². The first-order chi connectivity index (χ1) is 9.20. The summed E-state index contributed by atoms with van der Waals surface area (Å²) in [5, 5.41) is 0. The molecule has 2 rings (SSSR count). The first-order valence-electron chi connectivity index (χ1n) is 7.16. The molecule has 0 spiro atoms. The number of nitrogens with two attached hydrogens (primary N) is 1. The molecule has 106 valence electrons. The van der Waals surface area contributed by atoms with Crippen molar-refractivity contribution >= 4 is 11.4 Å². The molecule has 2 N–H and O–H groups in total. The van der Waals surface area contributed by atoms with E-state index in [0.29, 0.717) is 0 Å². The van der Waals surface area contributed by atoms with E-state index >= 15 is 0 Å². The molecular formula is C15H25N3O. The van der Waals surface area contributed by atoms with Gasteiger partial charge in [-0.3, -0.25) is 0 Å². The SMILES string of the molecule is CCCOc1cc(N2CCCN(C)CC2)ccc1N. The zero-order valence-corrected chi connectivity index (χ0v) is 12.1. The Bertz CT molecular complexity index is 408. The molecule has 1 aliphatic rings. The highest BCUT2D eigenvalue weighted by Crippen LogP contribution is 2.28. The summed E-state index contributed by atoms with van der Waals surface area (Å²) >= 11 is 0. The number of hydrogen-bond donors (Lipinski definition) is 1. The Morgan fingerprint density at radius 2 is 2.05 bits per heavy atom. The first-order valence-corrected chi connectivity index (χ1v) is 7.16. The maximum absolute atomic E-state index is 5.96. The Morgan fingerprint density at radius 3 is 2.84 bits per heavy atom. The highest BCUT2D eigenvalue weighted by molar-refractivity contribution is 5.62. The van der Waals surface area contributed by atoms with Gasteiger partial charge in [0.25, 0.3) is 0 Å². The molecule has 19 heavy (non-hydrogen) atoms. The van der Waals surface area contributed by atoms with E-state index in [1.807, 2.05) is 6.07 Å². The molecule has 0 atom stereocenters. The van der Waals surface area contributed by atoms with E-state index in [-0.39, 0.29) is 0 Å². The maximum atomic E-state index is 5.96. The van der Waals surface area contributed by atoms with Gasteiger partial charge in [-0.1, -0.05) is 6.92 Å². The van der Waals surface area contributed by atoms with Crippen LogP contribution in [-0.4, -0.2) is 44.7 Å². The molecule has 1 saturated heterocycles. The van der Waals surface area contributed by atoms with Gasteiger partial charge in [0.2, 0.25) is 0 Å². The molecule has 0 aromatic heterocycles. The van der Waals surface area contributed by atoms with E-state index in [2.05, 4.69) is 35.9 Å². The van der Waals surface area contributed by atoms with Crippen molar-refractivity contribution in [2.24, 2.45) is 0 Å². The second kappa shape index (κ2) is 6.66. The summed E-state index contributed by atoms with van der Waals surface area (Å²) in [5.41, 5.74) is 7.91. The fraction of sp³-hybridized carbons (Fsp3) is 0.600. The Kier molecular flexibility index (Phi) is 4.91. The molecule has 1 aromatic carbocycles. The summed E-state index contributed by atoms with van der Waals surface area (Å²) in [4.78, 5) is 4.80. The van der Waals surface area contributed by atoms with E-state index in [4.69, 9.17) is 10.5 Å². The van der Waals surface area contributed by atoms with E-state index in [9.17, 15) is 0 Å². The monoisotopic (exact) mass is 263 g/mol. The van der Waals surface area contributed by atoms with Crippen LogP contribution in [0.15, 0.2) is 18.2 Å². The molecule has 1 aliphatic heterocycles. The topological polar surface area (TPSA) is 41.7 Å². The van der Waals surface area contributed by atoms with Gasteiger partial charge in [0.15, 0.2) is 0 Å². The molecular weight excluding hydrogens is 238 g/mol. The average Bonchev–Trinajstić information content (AvgIpc) is 2.63. The number of rotatable bonds is 4. The van der Waals surface area contributed by atoms with Crippen molar-refractivity contribution in [3.05, 3.63) is 18.2 Å². The molecule has 4 heteroatoms. The largest absolute Gasteiger partial charge is 0.491 e. The quantitative estimate of drug-likeness (QED) is 0.846. The molecule has 0 aliphatic carbocycles. The summed E-state index contributed by atoms with van der Waals surface area (Å²) in [6.07, 6.45) is 2.20. The third-order valence-corrected chi connectivity index (χ3v) is 3.54. The fourth-order valence-electron chi connectivity index (χ4n) is 2.36. The second-order valence-corrected chi connectivity index (χ2v) is 5.21. The molecule has 0 saturated carbocycles. The molecule has 0 radical (unpaired) electrons. The molecule has 0 amide bonds. The van der Waals surface area contributed by atoms with Crippen LogP contribution in [-0.2, 0) is 0 Å². The molecule has 1 heterocycles. The lowest BCUT2D eigenvalue weighted by Crippen LogP contribution is -2.28. The summed E-state index contributed by atoms with van der Waals surface area (Å²) in [6.45, 7) is 7.26. The third kappa shape index (κ3) is 3.77. The molecule has 0 bridgehead atoms. The van der Waals surface area contributed by atoms with Gasteiger partial charge < -0.3 is 20.3 Å². The van der Waals surface area contributed by atoms with Crippen LogP contribution in [0.1, 0.15) is 19.8 Å². The predicted molar refractivity (Wildman–Crippen MR) is 81.0 cm³/mol. The highest BCUT2D eigenvalue weighted by Gasteiger charge is 2.14. The Hall–Kier alpha value is -1.42. The molecule has 4 nitrogen and oxygen atoms in total. The van der Waals surface area contributed by atoms with Gasteiger partial charge >= 0.3 is 0 Å². The number of likely N-dealkylation sites (N-methyl/N-ethyl adjacent to an activating group) is 1. The van der Waals surface area contributed by atoms with Gasteiger partial charge in [-0.05, 0) is 38.6 Å². The van der Waals surface area contributed by atoms with Crippen LogP contribution >= 0.6 is 0 Å². The van der Waals surface area contributed by atoms with E-state index in [1.54, 1.807) is 0 Å². The standard InChI is InChI=1S/C15H25N3O/c1-3-11-19-15-12-13(5-6-14(15)16)18-8-4-7-17(2)9-10-18/h5-6,12H,3-4,7-11,16H2,1-2H3. The molecule has 1 fully saturated rings. The third-order valence-electron chi connectivity index (χ3n) is 3.54. The summed E-state index contributed by atoms with van der Waals surface area (Å²) < 4.78 is 5.71. The minimum absolute atomic E-state index is 0.719. The van der Waals surface area contributed by atoms with Crippen molar-refractivity contribution in [3.8, 4) is 5.75 Å². The van der Waals surface area contributed by atoms with Crippen LogP contribution in [0.25, 0.3) is 0 Å². The zero-order valence-electron chi connectivity index (χ0n) is 12.1. The predicted octanol–water partition coefficient (Wildman–Crippen LogP) is 2.20. The minimum Gasteiger partial charge on any atom is -0.491 e. The van der Waals surface area contributed by atoms with Crippen LogP contribution in [0.4, 0.5) is 11.4 Å². The van der Waals surface area contributed by atoms with Gasteiger partial charge in [0, 0.05) is 31.4 Å². The van der Waals surface area contributed by atoms with Crippen molar-refractivity contribution in [1.82, 2.24) is 4.90 Å². The first kappa shape index (κ1) is 14.0. The number of benzene rings is 1. The fourth-order valence-corrected chi connectivity index (χ4v) is 2.36. The van der Waals surface area contributed by atoms with Gasteiger partial charge in [0.05, 0.1) is 12.3 Å². The van der Waals surface area contributed by atoms with E-state index in [1.165, 1.54) is 18.7 Å². The zero-order chi connectivity index (χ0) is 13.7. The smallest absolute Gasteiger partial charge is 0.144 e. The van der Waals surface area contributed by atoms with Crippen LogP contribution < -0.4 is 15.4 Å². The number of ether oxygens (including phenoxy) is 1. The van der Waals surface area contributed by atoms with Crippen LogP contribution in [0.3, 0.4) is 0 Å². The van der Waals surface area contributed by atoms with E-state index in [0.717, 1.165) is 44.1 Å². The summed E-state index contributed by atoms with van der Waals surface area (Å²) in [6, 6.07) is 6.13. The number of nitrogen functional groups attached to an aromatic ring is 1. The van der Waals surface area contributed by atoms with Crippen molar-refractivity contribution in [2.75, 3.05) is 50.5 Å². The van der Waals surface area contributed by atoms with Crippen molar-refractivity contribution in [3.63, 3.8) is 0 Å². The van der Waals surface area contributed by atoms with Gasteiger partial charge in [-0.15, -0.1) is 0 Å². The van der Waals surface area contributed by atoms with Crippen molar-refractivity contribution in [1.29, 1.82) is 0 Å². The summed E-state index contributed by atoms with van der Waals surface area (Å²) in [5.74, 6) is 0.817. The van der Waals surface area contributed by atoms with Crippen LogP contribution in [0.5, 0.6) is 5.75 Å². The Labute approximate surface area is 116 Å². The summed E-state index contributed by atoms with van der Waals surface area (Å²) in [7, 11) is 2.18. The number of hydrogen-bond acceptors (Lipinski definition) is 4. The lowest BCUT2D eigenvalue weighted by atomic mass is 10.2. The van der Waals surface area contributed by atoms with Crippen molar-refractivity contribution < 1.29 is 4.74 Å². The Morgan fingerprint density at radius 1 is 1.21 bits per heavy atom. The van der Waals surface area contributed by atoms with Gasteiger partial charge in [-0.25, -0.2) is 0 Å². The highest BCUT2D eigenvalue weighted by atomic mass is 16.5. The molecule has 0 unspecified atom stereocenters. The average molecular weight is 263 g/mol. The van der Waals surface area contributed by atoms with Crippen LogP contribution in [0, 0.1) is 0 Å². The lowest BCUT2D eigenvalue weighted by Gasteiger charge is -2.23. The van der Waals surface area contributed by atoms with Gasteiger partial charge in [0.1, 0.15) is 5.75 Å². The number of anilines is 2. The minimum atomic E-state index is 0.719. The lowest BCUT2D eigenvalue weighted by molar-refractivity contribution is 0.319. The van der Waals surface area contributed by atoms with Crippen molar-refractivity contribution in [2.45, 2.75) is 19.8 Å². The molecule has 1 aromatic rings. The maximum Gasteiger partial charge on any atom is 0.144 e. The second-order valence-electron chi connectivity index (χ2n) is 5.21. The number of nitrogens with zero attached hydrogens (tertiary/aromatic N) is 2. The normalized spacial score (nSPS) is 17.3. The Balaban J connectivity index is 2.10. The van der Waals surface area contributed by atoms with E-state index < -0.39 is 0 Å².